The predicted molar refractivity (Wildman–Crippen MR) is 69.8 cm³/mol. The van der Waals surface area contributed by atoms with Crippen LogP contribution in [0.3, 0.4) is 0 Å². The summed E-state index contributed by atoms with van der Waals surface area (Å²) < 4.78 is 0. The maximum Gasteiger partial charge on any atom is 0.372 e. The number of thiazole rings is 1. The summed E-state index contributed by atoms with van der Waals surface area (Å²) in [4.78, 5) is 49.9. The van der Waals surface area contributed by atoms with Crippen molar-refractivity contribution >= 4 is 39.9 Å². The van der Waals surface area contributed by atoms with Crippen LogP contribution in [0.2, 0.25) is 0 Å². The first-order valence-electron chi connectivity index (χ1n) is 5.98. The van der Waals surface area contributed by atoms with Crippen LogP contribution < -0.4 is 5.32 Å². The normalized spacial score (nSPS) is 18.1. The van der Waals surface area contributed by atoms with Gasteiger partial charge >= 0.3 is 5.97 Å². The molecule has 1 unspecified atom stereocenters. The van der Waals surface area contributed by atoms with Gasteiger partial charge in [-0.15, -0.1) is 0 Å². The first kappa shape index (κ1) is 14.3. The number of carbonyl (C=O) groups excluding carboxylic acids is 3. The lowest BCUT2D eigenvalue weighted by molar-refractivity contribution is -0.150. The van der Waals surface area contributed by atoms with Gasteiger partial charge in [-0.1, -0.05) is 11.3 Å². The number of aromatic nitrogens is 1. The summed E-state index contributed by atoms with van der Waals surface area (Å²) in [5.41, 5.74) is 0.518. The second-order valence-electron chi connectivity index (χ2n) is 4.45. The molecule has 0 spiro atoms. The number of anilines is 1. The number of rotatable bonds is 3. The van der Waals surface area contributed by atoms with Crippen LogP contribution in [0.1, 0.15) is 35.1 Å². The number of aliphatic carboxylic acids is 1. The van der Waals surface area contributed by atoms with Crippen LogP contribution in [0.25, 0.3) is 0 Å². The number of fused-ring (bicyclic) bond motifs is 1. The molecule has 1 heterocycles. The van der Waals surface area contributed by atoms with Gasteiger partial charge in [0.05, 0.1) is 16.5 Å². The van der Waals surface area contributed by atoms with Gasteiger partial charge in [-0.25, -0.2) is 9.78 Å². The van der Waals surface area contributed by atoms with Crippen LogP contribution in [0.4, 0.5) is 5.13 Å². The number of hydrogen-bond acceptors (Lipinski definition) is 6. The fourth-order valence-corrected chi connectivity index (χ4v) is 3.13. The Kier molecular flexibility index (Phi) is 3.93. The zero-order chi connectivity index (χ0) is 14.9. The van der Waals surface area contributed by atoms with Crippen molar-refractivity contribution in [1.82, 2.24) is 4.98 Å². The summed E-state index contributed by atoms with van der Waals surface area (Å²) in [6.07, 6.45) is 1.20. The molecule has 0 saturated carbocycles. The fraction of sp³-hybridized carbons (Fsp3) is 0.417. The minimum atomic E-state index is -1.60. The second-order valence-corrected chi connectivity index (χ2v) is 5.45. The molecule has 106 valence electrons. The van der Waals surface area contributed by atoms with Gasteiger partial charge < -0.3 is 10.4 Å². The van der Waals surface area contributed by atoms with Crippen molar-refractivity contribution in [3.63, 3.8) is 0 Å². The molecule has 1 aliphatic carbocycles. The molecule has 1 aromatic rings. The highest BCUT2D eigenvalue weighted by molar-refractivity contribution is 7.17. The van der Waals surface area contributed by atoms with Crippen molar-refractivity contribution in [2.75, 3.05) is 5.32 Å². The third-order valence-electron chi connectivity index (χ3n) is 2.95. The SMILES string of the molecule is CC(=O)Nc1nc2c(s1)C(=O)C(C(=O)C(=O)O)CCC2. The molecule has 1 aromatic heterocycles. The summed E-state index contributed by atoms with van der Waals surface area (Å²) in [5, 5.41) is 11.5. The molecule has 0 radical (unpaired) electrons. The third-order valence-corrected chi connectivity index (χ3v) is 3.98. The first-order valence-corrected chi connectivity index (χ1v) is 6.80. The maximum atomic E-state index is 12.3. The minimum absolute atomic E-state index is 0.211. The summed E-state index contributed by atoms with van der Waals surface area (Å²) in [7, 11) is 0. The van der Waals surface area contributed by atoms with Gasteiger partial charge in [0.2, 0.25) is 5.91 Å². The number of nitrogens with zero attached hydrogens (tertiary/aromatic N) is 1. The highest BCUT2D eigenvalue weighted by atomic mass is 32.1. The highest BCUT2D eigenvalue weighted by Crippen LogP contribution is 2.31. The highest BCUT2D eigenvalue weighted by Gasteiger charge is 2.36. The van der Waals surface area contributed by atoms with Gasteiger partial charge in [-0.05, 0) is 19.3 Å². The fourth-order valence-electron chi connectivity index (χ4n) is 2.08. The Morgan fingerprint density at radius 3 is 2.70 bits per heavy atom. The Hall–Kier alpha value is -2.09. The van der Waals surface area contributed by atoms with Crippen LogP contribution >= 0.6 is 11.3 Å². The minimum Gasteiger partial charge on any atom is -0.475 e. The smallest absolute Gasteiger partial charge is 0.372 e. The summed E-state index contributed by atoms with van der Waals surface area (Å²) >= 11 is 0.980. The van der Waals surface area contributed by atoms with Crippen molar-refractivity contribution in [3.05, 3.63) is 10.6 Å². The van der Waals surface area contributed by atoms with Crippen LogP contribution in [0, 0.1) is 5.92 Å². The van der Waals surface area contributed by atoms with E-state index >= 15 is 0 Å². The van der Waals surface area contributed by atoms with E-state index in [-0.39, 0.29) is 17.2 Å². The van der Waals surface area contributed by atoms with E-state index in [1.165, 1.54) is 6.92 Å². The van der Waals surface area contributed by atoms with E-state index in [2.05, 4.69) is 10.3 Å². The quantitative estimate of drug-likeness (QED) is 0.486. The zero-order valence-electron chi connectivity index (χ0n) is 10.6. The molecular formula is C12H12N2O5S. The monoisotopic (exact) mass is 296 g/mol. The molecule has 0 fully saturated rings. The number of nitrogens with one attached hydrogen (secondary N) is 1. The number of ketones is 2. The van der Waals surface area contributed by atoms with E-state index in [0.717, 1.165) is 11.3 Å². The molecule has 7 nitrogen and oxygen atoms in total. The summed E-state index contributed by atoms with van der Waals surface area (Å²) in [6.45, 7) is 1.32. The lowest BCUT2D eigenvalue weighted by Gasteiger charge is -2.07. The lowest BCUT2D eigenvalue weighted by Crippen LogP contribution is -2.29. The van der Waals surface area contributed by atoms with E-state index in [4.69, 9.17) is 5.11 Å². The van der Waals surface area contributed by atoms with Gasteiger partial charge in [-0.2, -0.15) is 0 Å². The van der Waals surface area contributed by atoms with Crippen LogP contribution in [-0.4, -0.2) is 33.5 Å². The molecule has 1 amide bonds. The Morgan fingerprint density at radius 1 is 1.40 bits per heavy atom. The summed E-state index contributed by atoms with van der Waals surface area (Å²) in [6, 6.07) is 0. The summed E-state index contributed by atoms with van der Waals surface area (Å²) in [5.74, 6) is -4.66. The molecule has 8 heteroatoms. The largest absolute Gasteiger partial charge is 0.475 e. The van der Waals surface area contributed by atoms with Gasteiger partial charge in [-0.3, -0.25) is 14.4 Å². The molecule has 20 heavy (non-hydrogen) atoms. The average Bonchev–Trinajstić information content (AvgIpc) is 2.68. The van der Waals surface area contributed by atoms with Crippen molar-refractivity contribution in [2.24, 2.45) is 5.92 Å². The molecular weight excluding hydrogens is 284 g/mol. The molecule has 1 aliphatic rings. The van der Waals surface area contributed by atoms with Gasteiger partial charge in [0, 0.05) is 6.92 Å². The topological polar surface area (TPSA) is 113 Å². The number of Topliss-reactive ketones (excluding diaryl/α,β-unsaturated/α-hetero) is 2. The van der Waals surface area contributed by atoms with Crippen molar-refractivity contribution in [1.29, 1.82) is 0 Å². The van der Waals surface area contributed by atoms with Gasteiger partial charge in [0.25, 0.3) is 5.78 Å². The molecule has 1 atom stereocenters. The number of carbonyl (C=O) groups is 4. The Morgan fingerprint density at radius 2 is 2.10 bits per heavy atom. The molecule has 0 bridgehead atoms. The van der Waals surface area contributed by atoms with E-state index in [1.807, 2.05) is 0 Å². The van der Waals surface area contributed by atoms with E-state index in [0.29, 0.717) is 23.7 Å². The van der Waals surface area contributed by atoms with Gasteiger partial charge in [0.1, 0.15) is 0 Å². The Bertz CT molecular complexity index is 607. The predicted octanol–water partition coefficient (Wildman–Crippen LogP) is 0.890. The molecule has 2 rings (SSSR count). The Labute approximate surface area is 118 Å². The number of carboxylic acid groups (broad SMARTS) is 1. The van der Waals surface area contributed by atoms with Gasteiger partial charge in [0.15, 0.2) is 10.9 Å². The number of hydrogen-bond donors (Lipinski definition) is 2. The van der Waals surface area contributed by atoms with E-state index in [9.17, 15) is 19.2 Å². The molecule has 0 saturated heterocycles. The number of aryl methyl sites for hydroxylation is 1. The molecule has 2 N–H and O–H groups in total. The van der Waals surface area contributed by atoms with Crippen molar-refractivity contribution in [2.45, 2.75) is 26.2 Å². The molecule has 0 aromatic carbocycles. The number of amides is 1. The molecule has 0 aliphatic heterocycles. The van der Waals surface area contributed by atoms with Crippen LogP contribution in [0.5, 0.6) is 0 Å². The maximum absolute atomic E-state index is 12.3. The average molecular weight is 296 g/mol. The van der Waals surface area contributed by atoms with Crippen molar-refractivity contribution < 1.29 is 24.3 Å². The third kappa shape index (κ3) is 2.74. The Balaban J connectivity index is 2.33. The number of carboxylic acids is 1. The lowest BCUT2D eigenvalue weighted by atomic mass is 9.95. The van der Waals surface area contributed by atoms with E-state index < -0.39 is 23.5 Å². The first-order chi connectivity index (χ1) is 9.40. The van der Waals surface area contributed by atoms with E-state index in [1.54, 1.807) is 0 Å². The van der Waals surface area contributed by atoms with Crippen molar-refractivity contribution in [3.8, 4) is 0 Å². The van der Waals surface area contributed by atoms with Crippen LogP contribution in [0.15, 0.2) is 0 Å². The second kappa shape index (κ2) is 5.49. The van der Waals surface area contributed by atoms with Crippen LogP contribution in [-0.2, 0) is 20.8 Å². The zero-order valence-corrected chi connectivity index (χ0v) is 11.5. The standard InChI is InChI=1S/C12H12N2O5S/c1-5(15)13-12-14-7-4-2-3-6(9(17)11(18)19)8(16)10(7)20-12/h6H,2-4H2,1H3,(H,18,19)(H,13,14,15).